The SMILES string of the molecule is C=C(C)C(=O)OCCCCCOC(=O)C1CCC(O)C(Cl)C1. The van der Waals surface area contributed by atoms with Crippen molar-refractivity contribution in [3.8, 4) is 0 Å². The maximum absolute atomic E-state index is 11.9. The Morgan fingerprint density at radius 3 is 2.41 bits per heavy atom. The van der Waals surface area contributed by atoms with Gasteiger partial charge in [0.15, 0.2) is 0 Å². The molecule has 1 fully saturated rings. The Morgan fingerprint density at radius 1 is 1.18 bits per heavy atom. The monoisotopic (exact) mass is 332 g/mol. The van der Waals surface area contributed by atoms with Crippen molar-refractivity contribution in [3.05, 3.63) is 12.2 Å². The predicted molar refractivity (Wildman–Crippen MR) is 83.6 cm³/mol. The van der Waals surface area contributed by atoms with Crippen LogP contribution in [-0.4, -0.2) is 41.7 Å². The van der Waals surface area contributed by atoms with Crippen LogP contribution in [-0.2, 0) is 19.1 Å². The Labute approximate surface area is 136 Å². The summed E-state index contributed by atoms with van der Waals surface area (Å²) in [5, 5.41) is 9.16. The first-order valence-corrected chi connectivity index (χ1v) is 8.17. The molecule has 0 heterocycles. The minimum absolute atomic E-state index is 0.206. The number of alkyl halides is 1. The molecule has 0 bridgehead atoms. The zero-order valence-corrected chi connectivity index (χ0v) is 13.8. The summed E-state index contributed by atoms with van der Waals surface area (Å²) in [5.74, 6) is -0.810. The average molecular weight is 333 g/mol. The molecular weight excluding hydrogens is 308 g/mol. The van der Waals surface area contributed by atoms with E-state index in [1.807, 2.05) is 0 Å². The highest BCUT2D eigenvalue weighted by Crippen LogP contribution is 2.29. The number of carbonyl (C=O) groups is 2. The molecule has 3 atom stereocenters. The Balaban J connectivity index is 2.04. The third-order valence-corrected chi connectivity index (χ3v) is 4.16. The molecule has 0 amide bonds. The first-order valence-electron chi connectivity index (χ1n) is 7.73. The average Bonchev–Trinajstić information content (AvgIpc) is 2.48. The quantitative estimate of drug-likeness (QED) is 0.320. The zero-order chi connectivity index (χ0) is 16.5. The molecule has 0 aromatic heterocycles. The van der Waals surface area contributed by atoms with Crippen LogP contribution in [0.3, 0.4) is 0 Å². The van der Waals surface area contributed by atoms with Gasteiger partial charge < -0.3 is 14.6 Å². The van der Waals surface area contributed by atoms with Crippen molar-refractivity contribution in [2.24, 2.45) is 5.92 Å². The lowest BCUT2D eigenvalue weighted by Gasteiger charge is -2.28. The second-order valence-electron chi connectivity index (χ2n) is 5.74. The summed E-state index contributed by atoms with van der Waals surface area (Å²) in [4.78, 5) is 23.0. The number of esters is 2. The molecule has 0 aromatic carbocycles. The molecule has 22 heavy (non-hydrogen) atoms. The molecule has 1 saturated carbocycles. The van der Waals surface area contributed by atoms with Crippen LogP contribution in [0, 0.1) is 5.92 Å². The number of carbonyl (C=O) groups excluding carboxylic acids is 2. The van der Waals surface area contributed by atoms with Crippen LogP contribution in [0.25, 0.3) is 0 Å². The Hall–Kier alpha value is -1.07. The van der Waals surface area contributed by atoms with E-state index in [0.29, 0.717) is 38.0 Å². The summed E-state index contributed by atoms with van der Waals surface area (Å²) in [5.41, 5.74) is 0.393. The molecule has 0 aromatic rings. The van der Waals surface area contributed by atoms with Gasteiger partial charge in [-0.15, -0.1) is 11.6 Å². The highest BCUT2D eigenvalue weighted by atomic mass is 35.5. The van der Waals surface area contributed by atoms with Crippen molar-refractivity contribution in [1.29, 1.82) is 0 Å². The lowest BCUT2D eigenvalue weighted by Crippen LogP contribution is -2.34. The molecule has 1 aliphatic carbocycles. The van der Waals surface area contributed by atoms with Crippen LogP contribution < -0.4 is 0 Å². The molecule has 5 nitrogen and oxygen atoms in total. The third-order valence-electron chi connectivity index (χ3n) is 3.69. The van der Waals surface area contributed by atoms with Gasteiger partial charge in [-0.1, -0.05) is 6.58 Å². The highest BCUT2D eigenvalue weighted by molar-refractivity contribution is 6.21. The van der Waals surface area contributed by atoms with Crippen molar-refractivity contribution in [2.45, 2.75) is 56.9 Å². The second kappa shape index (κ2) is 9.85. The van der Waals surface area contributed by atoms with Gasteiger partial charge in [-0.25, -0.2) is 4.79 Å². The molecule has 3 unspecified atom stereocenters. The first-order chi connectivity index (χ1) is 10.4. The van der Waals surface area contributed by atoms with E-state index in [9.17, 15) is 14.7 Å². The number of aliphatic hydroxyl groups is 1. The van der Waals surface area contributed by atoms with Crippen molar-refractivity contribution in [2.75, 3.05) is 13.2 Å². The van der Waals surface area contributed by atoms with Crippen LogP contribution in [0.5, 0.6) is 0 Å². The number of aliphatic hydroxyl groups excluding tert-OH is 1. The molecule has 0 radical (unpaired) electrons. The number of unbranched alkanes of at least 4 members (excludes halogenated alkanes) is 2. The van der Waals surface area contributed by atoms with Gasteiger partial charge in [0.2, 0.25) is 0 Å². The minimum atomic E-state index is -0.521. The molecule has 0 spiro atoms. The van der Waals surface area contributed by atoms with Crippen molar-refractivity contribution in [3.63, 3.8) is 0 Å². The Kier molecular flexibility index (Phi) is 8.49. The Morgan fingerprint density at radius 2 is 1.82 bits per heavy atom. The fourth-order valence-corrected chi connectivity index (χ4v) is 2.61. The minimum Gasteiger partial charge on any atom is -0.465 e. The Bertz CT molecular complexity index is 396. The van der Waals surface area contributed by atoms with Gasteiger partial charge in [0.25, 0.3) is 0 Å². The molecule has 1 aliphatic rings. The number of hydrogen-bond donors (Lipinski definition) is 1. The fourth-order valence-electron chi connectivity index (χ4n) is 2.27. The van der Waals surface area contributed by atoms with Crippen molar-refractivity contribution in [1.82, 2.24) is 0 Å². The van der Waals surface area contributed by atoms with Crippen molar-refractivity contribution < 1.29 is 24.2 Å². The predicted octanol–water partition coefficient (Wildman–Crippen LogP) is 2.59. The molecule has 1 rings (SSSR count). The van der Waals surface area contributed by atoms with E-state index in [1.54, 1.807) is 6.92 Å². The van der Waals surface area contributed by atoms with E-state index in [-0.39, 0.29) is 23.2 Å². The van der Waals surface area contributed by atoms with E-state index in [1.165, 1.54) is 0 Å². The molecule has 126 valence electrons. The highest BCUT2D eigenvalue weighted by Gasteiger charge is 2.32. The van der Waals surface area contributed by atoms with Crippen molar-refractivity contribution >= 4 is 23.5 Å². The van der Waals surface area contributed by atoms with E-state index >= 15 is 0 Å². The van der Waals surface area contributed by atoms with Gasteiger partial charge in [-0.2, -0.15) is 0 Å². The van der Waals surface area contributed by atoms with Crippen LogP contribution in [0.1, 0.15) is 45.4 Å². The lowest BCUT2D eigenvalue weighted by molar-refractivity contribution is -0.150. The fraction of sp³-hybridized carbons (Fsp3) is 0.750. The maximum atomic E-state index is 11.9. The van der Waals surface area contributed by atoms with Gasteiger partial charge in [-0.05, 0) is 45.4 Å². The van der Waals surface area contributed by atoms with Crippen LogP contribution >= 0.6 is 11.6 Å². The molecule has 0 saturated heterocycles. The maximum Gasteiger partial charge on any atom is 0.333 e. The molecular formula is C16H25ClO5. The summed E-state index contributed by atoms with van der Waals surface area (Å²) in [6.45, 7) is 5.82. The normalized spacial score (nSPS) is 24.6. The van der Waals surface area contributed by atoms with Gasteiger partial charge in [0.1, 0.15) is 0 Å². The van der Waals surface area contributed by atoms with Gasteiger partial charge in [0.05, 0.1) is 30.6 Å². The second-order valence-corrected chi connectivity index (χ2v) is 6.30. The molecule has 6 heteroatoms. The van der Waals surface area contributed by atoms with Gasteiger partial charge >= 0.3 is 11.9 Å². The lowest BCUT2D eigenvalue weighted by atomic mass is 9.87. The van der Waals surface area contributed by atoms with Gasteiger partial charge in [-0.3, -0.25) is 4.79 Å². The smallest absolute Gasteiger partial charge is 0.333 e. The van der Waals surface area contributed by atoms with Crippen LogP contribution in [0.15, 0.2) is 12.2 Å². The third kappa shape index (κ3) is 6.79. The van der Waals surface area contributed by atoms with E-state index in [4.69, 9.17) is 21.1 Å². The standard InChI is InChI=1S/C16H25ClO5/c1-11(2)15(19)21-8-4-3-5-9-22-16(20)12-6-7-14(18)13(17)10-12/h12-14,18H,1,3-10H2,2H3. The first kappa shape index (κ1) is 19.0. The van der Waals surface area contributed by atoms with Crippen LogP contribution in [0.2, 0.25) is 0 Å². The summed E-state index contributed by atoms with van der Waals surface area (Å²) in [6, 6.07) is 0. The molecule has 1 N–H and O–H groups in total. The number of hydrogen-bond acceptors (Lipinski definition) is 5. The molecule has 0 aliphatic heterocycles. The summed E-state index contributed by atoms with van der Waals surface area (Å²) in [7, 11) is 0. The van der Waals surface area contributed by atoms with Crippen LogP contribution in [0.4, 0.5) is 0 Å². The topological polar surface area (TPSA) is 72.8 Å². The van der Waals surface area contributed by atoms with Gasteiger partial charge in [0, 0.05) is 5.57 Å². The summed E-state index contributed by atoms with van der Waals surface area (Å²) < 4.78 is 10.2. The number of halogens is 1. The zero-order valence-electron chi connectivity index (χ0n) is 13.1. The summed E-state index contributed by atoms with van der Waals surface area (Å²) >= 11 is 5.97. The largest absolute Gasteiger partial charge is 0.465 e. The van der Waals surface area contributed by atoms with E-state index in [2.05, 4.69) is 6.58 Å². The van der Waals surface area contributed by atoms with E-state index in [0.717, 1.165) is 19.3 Å². The number of ether oxygens (including phenoxy) is 2. The van der Waals surface area contributed by atoms with E-state index < -0.39 is 6.10 Å². The number of rotatable bonds is 8. The summed E-state index contributed by atoms with van der Waals surface area (Å²) in [6.07, 6.45) is 3.40.